The molecule has 2 aromatic carbocycles. The van der Waals surface area contributed by atoms with E-state index in [1.165, 1.54) is 0 Å². The second kappa shape index (κ2) is 9.59. The number of benzene rings is 2. The van der Waals surface area contributed by atoms with Crippen molar-refractivity contribution in [1.82, 2.24) is 5.32 Å². The van der Waals surface area contributed by atoms with Gasteiger partial charge in [0.25, 0.3) is 0 Å². The van der Waals surface area contributed by atoms with Crippen molar-refractivity contribution in [2.24, 2.45) is 0 Å². The summed E-state index contributed by atoms with van der Waals surface area (Å²) in [5.41, 5.74) is 2.03. The van der Waals surface area contributed by atoms with Gasteiger partial charge in [0.1, 0.15) is 11.5 Å². The molecule has 1 amide bonds. The molecule has 1 N–H and O–H groups in total. The molecule has 24 heavy (non-hydrogen) atoms. The molecule has 0 radical (unpaired) electrons. The highest BCUT2D eigenvalue weighted by Gasteiger charge is 2.08. The molecule has 6 heteroatoms. The number of methoxy groups -OCH3 is 2. The molecule has 0 aliphatic heterocycles. The predicted octanol–water partition coefficient (Wildman–Crippen LogP) is 4.02. The van der Waals surface area contributed by atoms with E-state index in [2.05, 4.69) is 21.2 Å². The quantitative estimate of drug-likeness (QED) is 0.714. The van der Waals surface area contributed by atoms with Crippen molar-refractivity contribution in [3.05, 3.63) is 58.1 Å². The highest BCUT2D eigenvalue weighted by atomic mass is 79.9. The Morgan fingerprint density at radius 3 is 2.54 bits per heavy atom. The molecule has 0 unspecified atom stereocenters. The van der Waals surface area contributed by atoms with Crippen molar-refractivity contribution in [3.63, 3.8) is 0 Å². The molecule has 0 aromatic heterocycles. The molecule has 0 aliphatic rings. The molecule has 0 aliphatic carbocycles. The Bertz CT molecular complexity index is 694. The van der Waals surface area contributed by atoms with Gasteiger partial charge >= 0.3 is 0 Å². The number of thioether (sulfide) groups is 1. The van der Waals surface area contributed by atoms with Gasteiger partial charge < -0.3 is 14.8 Å². The van der Waals surface area contributed by atoms with Crippen LogP contribution in [0.5, 0.6) is 11.5 Å². The number of para-hydroxylation sites is 1. The summed E-state index contributed by atoms with van der Waals surface area (Å²) in [4.78, 5) is 12.0. The molecular formula is C18H20BrNO3S. The van der Waals surface area contributed by atoms with Gasteiger partial charge in [-0.1, -0.05) is 34.1 Å². The minimum Gasteiger partial charge on any atom is -0.496 e. The van der Waals surface area contributed by atoms with E-state index in [4.69, 9.17) is 9.47 Å². The molecule has 128 valence electrons. The van der Waals surface area contributed by atoms with Gasteiger partial charge in [0.15, 0.2) is 0 Å². The standard InChI is InChI=1S/C18H20BrNO3S/c1-22-16-6-4-3-5-13(16)10-20-18(21)12-24-11-14-9-15(19)7-8-17(14)23-2/h3-9H,10-12H2,1-2H3,(H,20,21). The SMILES string of the molecule is COc1ccccc1CNC(=O)CSCc1cc(Br)ccc1OC. The van der Waals surface area contributed by atoms with E-state index in [-0.39, 0.29) is 5.91 Å². The zero-order valence-corrected chi connectivity index (χ0v) is 16.1. The van der Waals surface area contributed by atoms with Crippen LogP contribution < -0.4 is 14.8 Å². The molecule has 0 bridgehead atoms. The molecular weight excluding hydrogens is 390 g/mol. The van der Waals surface area contributed by atoms with E-state index >= 15 is 0 Å². The summed E-state index contributed by atoms with van der Waals surface area (Å²) in [6, 6.07) is 13.5. The summed E-state index contributed by atoms with van der Waals surface area (Å²) >= 11 is 5.01. The maximum absolute atomic E-state index is 12.0. The largest absolute Gasteiger partial charge is 0.496 e. The van der Waals surface area contributed by atoms with Gasteiger partial charge in [-0.25, -0.2) is 0 Å². The Morgan fingerprint density at radius 1 is 1.08 bits per heavy atom. The average molecular weight is 410 g/mol. The molecule has 0 fully saturated rings. The van der Waals surface area contributed by atoms with Crippen molar-refractivity contribution in [3.8, 4) is 11.5 Å². The van der Waals surface area contributed by atoms with E-state index in [1.54, 1.807) is 26.0 Å². The van der Waals surface area contributed by atoms with Gasteiger partial charge in [0, 0.05) is 27.9 Å². The predicted molar refractivity (Wildman–Crippen MR) is 102 cm³/mol. The first kappa shape index (κ1) is 18.7. The van der Waals surface area contributed by atoms with Crippen molar-refractivity contribution >= 4 is 33.6 Å². The lowest BCUT2D eigenvalue weighted by atomic mass is 10.2. The average Bonchev–Trinajstić information content (AvgIpc) is 2.60. The minimum atomic E-state index is -0.000121. The number of hydrogen-bond acceptors (Lipinski definition) is 4. The van der Waals surface area contributed by atoms with Crippen LogP contribution in [-0.4, -0.2) is 25.9 Å². The van der Waals surface area contributed by atoms with Crippen molar-refractivity contribution < 1.29 is 14.3 Å². The molecule has 0 atom stereocenters. The van der Waals surface area contributed by atoms with Crippen molar-refractivity contribution in [1.29, 1.82) is 0 Å². The maximum atomic E-state index is 12.0. The third kappa shape index (κ3) is 5.46. The number of carbonyl (C=O) groups is 1. The van der Waals surface area contributed by atoms with Crippen LogP contribution in [0.4, 0.5) is 0 Å². The maximum Gasteiger partial charge on any atom is 0.230 e. The lowest BCUT2D eigenvalue weighted by molar-refractivity contribution is -0.118. The van der Waals surface area contributed by atoms with E-state index < -0.39 is 0 Å². The number of ether oxygens (including phenoxy) is 2. The van der Waals surface area contributed by atoms with Gasteiger partial charge in [0.2, 0.25) is 5.91 Å². The second-order valence-corrected chi connectivity index (χ2v) is 6.94. The van der Waals surface area contributed by atoms with Crippen LogP contribution in [-0.2, 0) is 17.1 Å². The highest BCUT2D eigenvalue weighted by Crippen LogP contribution is 2.26. The van der Waals surface area contributed by atoms with Gasteiger partial charge in [-0.05, 0) is 24.3 Å². The third-order valence-electron chi connectivity index (χ3n) is 3.40. The second-order valence-electron chi connectivity index (χ2n) is 5.04. The molecule has 0 heterocycles. The summed E-state index contributed by atoms with van der Waals surface area (Å²) in [5.74, 6) is 2.72. The molecule has 0 spiro atoms. The van der Waals surface area contributed by atoms with Crippen LogP contribution in [0.2, 0.25) is 0 Å². The smallest absolute Gasteiger partial charge is 0.230 e. The van der Waals surface area contributed by atoms with Crippen LogP contribution in [0.25, 0.3) is 0 Å². The van der Waals surface area contributed by atoms with Crippen LogP contribution in [0.1, 0.15) is 11.1 Å². The molecule has 0 saturated heterocycles. The Labute approximate surface area is 155 Å². The fourth-order valence-corrected chi connectivity index (χ4v) is 3.45. The zero-order valence-electron chi connectivity index (χ0n) is 13.7. The number of halogens is 1. The van der Waals surface area contributed by atoms with Gasteiger partial charge in [-0.3, -0.25) is 4.79 Å². The van der Waals surface area contributed by atoms with Crippen molar-refractivity contribution in [2.75, 3.05) is 20.0 Å². The molecule has 0 saturated carbocycles. The first-order valence-electron chi connectivity index (χ1n) is 7.42. The zero-order chi connectivity index (χ0) is 17.4. The summed E-state index contributed by atoms with van der Waals surface area (Å²) < 4.78 is 11.6. The Kier molecular flexibility index (Phi) is 7.46. The van der Waals surface area contributed by atoms with Crippen LogP contribution >= 0.6 is 27.7 Å². The molecule has 2 aromatic rings. The lowest BCUT2D eigenvalue weighted by Crippen LogP contribution is -2.24. The molecule has 4 nitrogen and oxygen atoms in total. The van der Waals surface area contributed by atoms with Gasteiger partial charge in [-0.2, -0.15) is 0 Å². The fourth-order valence-electron chi connectivity index (χ4n) is 2.21. The third-order valence-corrected chi connectivity index (χ3v) is 4.88. The first-order chi connectivity index (χ1) is 11.6. The summed E-state index contributed by atoms with van der Waals surface area (Å²) in [6.45, 7) is 0.462. The van der Waals surface area contributed by atoms with Gasteiger partial charge in [-0.15, -0.1) is 11.8 Å². The number of hydrogen-bond donors (Lipinski definition) is 1. The van der Waals surface area contributed by atoms with E-state index in [0.717, 1.165) is 27.1 Å². The number of rotatable bonds is 8. The summed E-state index contributed by atoms with van der Waals surface area (Å²) in [7, 11) is 3.28. The topological polar surface area (TPSA) is 47.6 Å². The Balaban J connectivity index is 1.80. The fraction of sp³-hybridized carbons (Fsp3) is 0.278. The van der Waals surface area contributed by atoms with Crippen LogP contribution in [0.3, 0.4) is 0 Å². The summed E-state index contributed by atoms with van der Waals surface area (Å²) in [6.07, 6.45) is 0. The molecule has 2 rings (SSSR count). The lowest BCUT2D eigenvalue weighted by Gasteiger charge is -2.10. The number of carbonyl (C=O) groups excluding carboxylic acids is 1. The Morgan fingerprint density at radius 2 is 1.79 bits per heavy atom. The van der Waals surface area contributed by atoms with Crippen molar-refractivity contribution in [2.45, 2.75) is 12.3 Å². The normalized spacial score (nSPS) is 10.3. The Hall–Kier alpha value is -1.66. The monoisotopic (exact) mass is 409 g/mol. The first-order valence-corrected chi connectivity index (χ1v) is 9.37. The van der Waals surface area contributed by atoms with Crippen LogP contribution in [0.15, 0.2) is 46.9 Å². The highest BCUT2D eigenvalue weighted by molar-refractivity contribution is 9.10. The van der Waals surface area contributed by atoms with Gasteiger partial charge in [0.05, 0.1) is 20.0 Å². The summed E-state index contributed by atoms with van der Waals surface area (Å²) in [5, 5.41) is 2.92. The minimum absolute atomic E-state index is 0.000121. The van der Waals surface area contributed by atoms with E-state index in [9.17, 15) is 4.79 Å². The number of nitrogens with one attached hydrogen (secondary N) is 1. The van der Waals surface area contributed by atoms with E-state index in [0.29, 0.717) is 18.1 Å². The van der Waals surface area contributed by atoms with Crippen LogP contribution in [0, 0.1) is 0 Å². The van der Waals surface area contributed by atoms with E-state index in [1.807, 2.05) is 42.5 Å². The number of amides is 1.